The van der Waals surface area contributed by atoms with Gasteiger partial charge < -0.3 is 9.84 Å². The van der Waals surface area contributed by atoms with Gasteiger partial charge in [0.15, 0.2) is 21.2 Å². The zero-order valence-electron chi connectivity index (χ0n) is 20.9. The molecular formula is C27H22BrCl2IN2O6S. The number of carbonyl (C=O) groups is 4. The Hall–Kier alpha value is -1.67. The minimum Gasteiger partial charge on any atom is -0.504 e. The predicted molar refractivity (Wildman–Crippen MR) is 161 cm³/mol. The fourth-order valence-corrected chi connectivity index (χ4v) is 9.57. The largest absolute Gasteiger partial charge is 0.504 e. The third-order valence-corrected chi connectivity index (χ3v) is 12.2. The van der Waals surface area contributed by atoms with Crippen molar-refractivity contribution in [1.29, 1.82) is 0 Å². The molecule has 8 nitrogen and oxygen atoms in total. The Bertz CT molecular complexity index is 1500. The molecule has 6 rings (SSSR count). The highest BCUT2D eigenvalue weighted by atomic mass is 127. The van der Waals surface area contributed by atoms with Crippen LogP contribution >= 0.6 is 73.1 Å². The fourth-order valence-electron chi connectivity index (χ4n) is 6.82. The van der Waals surface area contributed by atoms with Crippen molar-refractivity contribution in [2.45, 2.75) is 35.1 Å². The van der Waals surface area contributed by atoms with Crippen LogP contribution in [0.3, 0.4) is 0 Å². The molecule has 3 fully saturated rings. The van der Waals surface area contributed by atoms with Crippen molar-refractivity contribution in [2.75, 3.05) is 12.6 Å². The average molecular weight is 780 g/mol. The first-order valence-corrected chi connectivity index (χ1v) is 16.3. The van der Waals surface area contributed by atoms with Gasteiger partial charge >= 0.3 is 0 Å². The molecule has 4 amide bonds. The Balaban J connectivity index is 1.52. The maximum Gasteiger partial charge on any atom is 0.254 e. The molecule has 13 heteroatoms. The second-order valence-corrected chi connectivity index (χ2v) is 14.3. The Morgan fingerprint density at radius 1 is 1.15 bits per heavy atom. The van der Waals surface area contributed by atoms with Crippen molar-refractivity contribution in [1.82, 2.24) is 9.80 Å². The van der Waals surface area contributed by atoms with E-state index in [1.165, 1.54) is 23.3 Å². The number of likely N-dealkylation sites (tertiary alicyclic amines) is 2. The van der Waals surface area contributed by atoms with Crippen molar-refractivity contribution in [2.24, 2.45) is 17.8 Å². The molecule has 0 radical (unpaired) electrons. The molecule has 1 saturated carbocycles. The SMILES string of the molecule is COc1cc([C@H]2C3=CC[C@@H]4C(=O)N(Cc5cccs5)C(=O)[C@@H]4[C@@H]3C[C@@]3(Cl)C(=O)N(CBr)C(=O)[C@@]23Cl)cc(I)c1O. The molecule has 4 aliphatic rings. The maximum atomic E-state index is 13.9. The molecule has 0 unspecified atom stereocenters. The van der Waals surface area contributed by atoms with Gasteiger partial charge in [0.25, 0.3) is 11.8 Å². The number of carbonyl (C=O) groups excluding carboxylic acids is 4. The second kappa shape index (κ2) is 9.96. The first kappa shape index (κ1) is 28.4. The Labute approximate surface area is 265 Å². The number of ether oxygens (including phenoxy) is 1. The molecular weight excluding hydrogens is 758 g/mol. The van der Waals surface area contributed by atoms with Gasteiger partial charge in [-0.2, -0.15) is 0 Å². The Kier molecular flexibility index (Phi) is 7.08. The molecule has 2 aliphatic heterocycles. The normalized spacial score (nSPS) is 33.2. The lowest BCUT2D eigenvalue weighted by atomic mass is 9.56. The van der Waals surface area contributed by atoms with E-state index in [-0.39, 0.29) is 48.2 Å². The van der Waals surface area contributed by atoms with Crippen LogP contribution in [0.2, 0.25) is 0 Å². The van der Waals surface area contributed by atoms with Crippen molar-refractivity contribution in [3.05, 3.63) is 55.3 Å². The van der Waals surface area contributed by atoms with Gasteiger partial charge in [-0.3, -0.25) is 29.0 Å². The Morgan fingerprint density at radius 2 is 1.90 bits per heavy atom. The zero-order chi connectivity index (χ0) is 28.7. The van der Waals surface area contributed by atoms with Crippen molar-refractivity contribution >= 4 is 96.7 Å². The molecule has 40 heavy (non-hydrogen) atoms. The van der Waals surface area contributed by atoms with Crippen LogP contribution in [0.25, 0.3) is 0 Å². The standard InChI is InChI=1S/C27H22BrCl2IN2O6S/c1-39-18-8-12(7-17(31)21(18)34)20-14-4-5-15-19(23(36)32(22(15)35)10-13-3-2-6-40-13)16(14)9-26(29)24(37)33(11-28)25(38)27(20,26)30/h2-4,6-8,15-16,19-20,34H,5,9-11H2,1H3/t15-,16+,19-,20-,26+,27-/m0/s1. The number of nitrogens with zero attached hydrogens (tertiary/aromatic N) is 2. The number of thiophene rings is 1. The second-order valence-electron chi connectivity index (χ2n) is 10.4. The van der Waals surface area contributed by atoms with E-state index in [4.69, 9.17) is 27.9 Å². The maximum absolute atomic E-state index is 13.9. The summed E-state index contributed by atoms with van der Waals surface area (Å²) in [5.41, 5.74) is 1.10. The summed E-state index contributed by atoms with van der Waals surface area (Å²) >= 11 is 21.1. The lowest BCUT2D eigenvalue weighted by molar-refractivity contribution is -0.141. The van der Waals surface area contributed by atoms with Crippen LogP contribution in [0.4, 0.5) is 0 Å². The van der Waals surface area contributed by atoms with Gasteiger partial charge in [-0.25, -0.2) is 0 Å². The molecule has 6 atom stereocenters. The molecule has 2 aliphatic carbocycles. The van der Waals surface area contributed by atoms with Gasteiger partial charge in [-0.1, -0.05) is 33.6 Å². The summed E-state index contributed by atoms with van der Waals surface area (Å²) in [4.78, 5) is 54.4. The van der Waals surface area contributed by atoms with Gasteiger partial charge in [0.2, 0.25) is 11.8 Å². The number of imide groups is 2. The van der Waals surface area contributed by atoms with E-state index in [2.05, 4.69) is 15.9 Å². The molecule has 2 saturated heterocycles. The average Bonchev–Trinajstić information content (AvgIpc) is 3.57. The summed E-state index contributed by atoms with van der Waals surface area (Å²) in [7, 11) is 1.41. The number of allylic oxidation sites excluding steroid dienone is 2. The van der Waals surface area contributed by atoms with Crippen LogP contribution < -0.4 is 4.74 Å². The molecule has 0 bridgehead atoms. The number of phenolic OH excluding ortho intramolecular Hbond substituents is 1. The highest BCUT2D eigenvalue weighted by Crippen LogP contribution is 2.66. The number of hydrogen-bond donors (Lipinski definition) is 1. The van der Waals surface area contributed by atoms with E-state index in [1.807, 2.05) is 46.2 Å². The van der Waals surface area contributed by atoms with E-state index in [1.54, 1.807) is 12.1 Å². The number of halogens is 4. The number of aromatic hydroxyl groups is 1. The monoisotopic (exact) mass is 778 g/mol. The topological polar surface area (TPSA) is 104 Å². The molecule has 1 N–H and O–H groups in total. The molecule has 210 valence electrons. The number of methoxy groups -OCH3 is 1. The summed E-state index contributed by atoms with van der Waals surface area (Å²) < 4.78 is 5.84. The highest BCUT2D eigenvalue weighted by Gasteiger charge is 2.76. The number of phenols is 1. The van der Waals surface area contributed by atoms with Crippen molar-refractivity contribution < 1.29 is 29.0 Å². The van der Waals surface area contributed by atoms with Gasteiger partial charge in [-0.05, 0) is 70.5 Å². The molecule has 1 aromatic carbocycles. The Morgan fingerprint density at radius 3 is 2.55 bits per heavy atom. The predicted octanol–water partition coefficient (Wildman–Crippen LogP) is 4.98. The van der Waals surface area contributed by atoms with Gasteiger partial charge in [-0.15, -0.1) is 34.5 Å². The lowest BCUT2D eigenvalue weighted by Gasteiger charge is -2.50. The van der Waals surface area contributed by atoms with E-state index in [0.29, 0.717) is 14.7 Å². The van der Waals surface area contributed by atoms with Crippen LogP contribution in [-0.2, 0) is 25.7 Å². The number of alkyl halides is 3. The number of hydrogen-bond acceptors (Lipinski definition) is 7. The van der Waals surface area contributed by atoms with Crippen LogP contribution in [0.1, 0.15) is 29.2 Å². The van der Waals surface area contributed by atoms with E-state index in [0.717, 1.165) is 9.78 Å². The molecule has 0 spiro atoms. The first-order valence-electron chi connectivity index (χ1n) is 12.4. The van der Waals surface area contributed by atoms with Crippen LogP contribution in [0.5, 0.6) is 11.5 Å². The third-order valence-electron chi connectivity index (χ3n) is 8.60. The summed E-state index contributed by atoms with van der Waals surface area (Å²) in [6, 6.07) is 7.00. The number of rotatable bonds is 5. The fraction of sp³-hybridized carbons (Fsp3) is 0.407. The minimum absolute atomic E-state index is 0.0747. The number of fused-ring (bicyclic) bond motifs is 4. The zero-order valence-corrected chi connectivity index (χ0v) is 27.0. The van der Waals surface area contributed by atoms with Crippen LogP contribution in [0.15, 0.2) is 41.3 Å². The quantitative estimate of drug-likeness (QED) is 0.151. The third kappa shape index (κ3) is 3.73. The minimum atomic E-state index is -1.91. The molecule has 2 aromatic rings. The summed E-state index contributed by atoms with van der Waals surface area (Å²) in [6.45, 7) is 0.182. The van der Waals surface area contributed by atoms with Crippen molar-refractivity contribution in [3.8, 4) is 11.5 Å². The van der Waals surface area contributed by atoms with E-state index in [9.17, 15) is 24.3 Å². The number of amides is 4. The van der Waals surface area contributed by atoms with Gasteiger partial charge in [0.05, 0.1) is 34.5 Å². The smallest absolute Gasteiger partial charge is 0.254 e. The molecule has 1 aromatic heterocycles. The van der Waals surface area contributed by atoms with Gasteiger partial charge in [0, 0.05) is 10.8 Å². The first-order chi connectivity index (χ1) is 19.0. The lowest BCUT2D eigenvalue weighted by Crippen LogP contribution is -2.60. The summed E-state index contributed by atoms with van der Waals surface area (Å²) in [5, 5.41) is 12.4. The van der Waals surface area contributed by atoms with Crippen LogP contribution in [-0.4, -0.2) is 60.8 Å². The molecule has 3 heterocycles. The van der Waals surface area contributed by atoms with Crippen molar-refractivity contribution in [3.63, 3.8) is 0 Å². The number of benzene rings is 1. The summed E-state index contributed by atoms with van der Waals surface area (Å²) in [5.74, 6) is -4.64. The van der Waals surface area contributed by atoms with E-state index >= 15 is 0 Å². The van der Waals surface area contributed by atoms with Gasteiger partial charge in [0.1, 0.15) is 0 Å². The van der Waals surface area contributed by atoms with E-state index < -0.39 is 45.2 Å². The summed E-state index contributed by atoms with van der Waals surface area (Å²) in [6.07, 6.45) is 2.10. The highest BCUT2D eigenvalue weighted by molar-refractivity contribution is 14.1. The van der Waals surface area contributed by atoms with Crippen LogP contribution in [0, 0.1) is 21.3 Å².